The second-order valence-corrected chi connectivity index (χ2v) is 4.45. The molecule has 0 aliphatic carbocycles. The molecular weight excluding hydrogens is 216 g/mol. The molecule has 1 aromatic rings. The Bertz CT molecular complexity index is 430. The van der Waals surface area contributed by atoms with Crippen molar-refractivity contribution in [2.75, 3.05) is 6.54 Å². The number of benzene rings is 1. The highest BCUT2D eigenvalue weighted by molar-refractivity contribution is 5.86. The molecule has 2 N–H and O–H groups in total. The summed E-state index contributed by atoms with van der Waals surface area (Å²) >= 11 is 0. The van der Waals surface area contributed by atoms with E-state index in [1.807, 2.05) is 37.3 Å². The van der Waals surface area contributed by atoms with Crippen LogP contribution in [0.5, 0.6) is 0 Å². The molecule has 1 saturated heterocycles. The molecule has 2 atom stereocenters. The Labute approximate surface area is 100 Å². The minimum Gasteiger partial charge on any atom is -0.368 e. The van der Waals surface area contributed by atoms with E-state index < -0.39 is 5.91 Å². The highest BCUT2D eigenvalue weighted by Crippen LogP contribution is 2.33. The number of likely N-dealkylation sites (tertiary alicyclic amines) is 1. The molecule has 1 heterocycles. The van der Waals surface area contributed by atoms with Crippen LogP contribution >= 0.6 is 0 Å². The lowest BCUT2D eigenvalue weighted by Crippen LogP contribution is -2.39. The Morgan fingerprint density at radius 2 is 2.06 bits per heavy atom. The van der Waals surface area contributed by atoms with Crippen LogP contribution in [0.1, 0.15) is 24.8 Å². The minimum atomic E-state index is -0.459. The molecule has 0 bridgehead atoms. The maximum atomic E-state index is 11.8. The van der Waals surface area contributed by atoms with Gasteiger partial charge >= 0.3 is 0 Å². The average Bonchev–Trinajstić information content (AvgIpc) is 2.58. The van der Waals surface area contributed by atoms with Gasteiger partial charge in [0, 0.05) is 18.4 Å². The number of hydrogen-bond donors (Lipinski definition) is 1. The van der Waals surface area contributed by atoms with Gasteiger partial charge in [0.25, 0.3) is 0 Å². The Balaban J connectivity index is 2.18. The summed E-state index contributed by atoms with van der Waals surface area (Å²) < 4.78 is 0. The smallest absolute Gasteiger partial charge is 0.237 e. The Morgan fingerprint density at radius 3 is 2.65 bits per heavy atom. The molecule has 1 aromatic carbocycles. The Kier molecular flexibility index (Phi) is 3.13. The molecule has 1 aliphatic rings. The predicted molar refractivity (Wildman–Crippen MR) is 64.2 cm³/mol. The van der Waals surface area contributed by atoms with Crippen molar-refractivity contribution in [1.29, 1.82) is 0 Å². The van der Waals surface area contributed by atoms with Crippen LogP contribution in [-0.4, -0.2) is 29.3 Å². The van der Waals surface area contributed by atoms with Crippen molar-refractivity contribution < 1.29 is 9.59 Å². The summed E-state index contributed by atoms with van der Waals surface area (Å²) in [4.78, 5) is 24.3. The number of carbonyl (C=O) groups is 2. The third-order valence-electron chi connectivity index (χ3n) is 3.34. The summed E-state index contributed by atoms with van der Waals surface area (Å²) in [5.74, 6) is -0.299. The van der Waals surface area contributed by atoms with Crippen LogP contribution in [0.4, 0.5) is 0 Å². The van der Waals surface area contributed by atoms with Crippen LogP contribution in [0.2, 0.25) is 0 Å². The molecule has 0 unspecified atom stereocenters. The van der Waals surface area contributed by atoms with Crippen molar-refractivity contribution in [3.8, 4) is 0 Å². The molecule has 1 aliphatic heterocycles. The van der Waals surface area contributed by atoms with Crippen molar-refractivity contribution in [2.45, 2.75) is 25.3 Å². The SMILES string of the molecule is C[C@@H]1[C@H](c2ccccc2)CC(=O)N1CC(N)=O. The normalized spacial score (nSPS) is 24.1. The van der Waals surface area contributed by atoms with Gasteiger partial charge in [-0.2, -0.15) is 0 Å². The van der Waals surface area contributed by atoms with Crippen molar-refractivity contribution in [3.63, 3.8) is 0 Å². The highest BCUT2D eigenvalue weighted by Gasteiger charge is 2.37. The van der Waals surface area contributed by atoms with E-state index in [4.69, 9.17) is 5.73 Å². The molecular formula is C13H16N2O2. The quantitative estimate of drug-likeness (QED) is 0.840. The fourth-order valence-electron chi connectivity index (χ4n) is 2.42. The Morgan fingerprint density at radius 1 is 1.41 bits per heavy atom. The van der Waals surface area contributed by atoms with E-state index in [9.17, 15) is 9.59 Å². The van der Waals surface area contributed by atoms with E-state index in [2.05, 4.69) is 0 Å². The number of amides is 2. The molecule has 4 nitrogen and oxygen atoms in total. The van der Waals surface area contributed by atoms with E-state index in [1.165, 1.54) is 0 Å². The Hall–Kier alpha value is -1.84. The molecule has 0 spiro atoms. The first-order valence-electron chi connectivity index (χ1n) is 5.72. The van der Waals surface area contributed by atoms with Gasteiger partial charge in [-0.1, -0.05) is 30.3 Å². The summed E-state index contributed by atoms with van der Waals surface area (Å²) in [5.41, 5.74) is 6.29. The fraction of sp³-hybridized carbons (Fsp3) is 0.385. The number of rotatable bonds is 3. The first kappa shape index (κ1) is 11.6. The van der Waals surface area contributed by atoms with Crippen molar-refractivity contribution in [1.82, 2.24) is 4.90 Å². The monoisotopic (exact) mass is 232 g/mol. The molecule has 2 amide bonds. The van der Waals surface area contributed by atoms with Gasteiger partial charge < -0.3 is 10.6 Å². The second kappa shape index (κ2) is 4.57. The minimum absolute atomic E-state index is 0.00477. The molecule has 2 rings (SSSR count). The van der Waals surface area contributed by atoms with Crippen LogP contribution in [0, 0.1) is 0 Å². The van der Waals surface area contributed by atoms with Gasteiger partial charge in [-0.3, -0.25) is 9.59 Å². The molecule has 90 valence electrons. The molecule has 17 heavy (non-hydrogen) atoms. The second-order valence-electron chi connectivity index (χ2n) is 4.45. The van der Waals surface area contributed by atoms with Crippen molar-refractivity contribution >= 4 is 11.8 Å². The maximum absolute atomic E-state index is 11.8. The molecule has 4 heteroatoms. The third-order valence-corrected chi connectivity index (χ3v) is 3.34. The number of hydrogen-bond acceptors (Lipinski definition) is 2. The molecule has 0 radical (unpaired) electrons. The summed E-state index contributed by atoms with van der Waals surface area (Å²) in [7, 11) is 0. The first-order chi connectivity index (χ1) is 8.09. The van der Waals surface area contributed by atoms with E-state index in [1.54, 1.807) is 4.90 Å². The predicted octanol–water partition coefficient (Wildman–Crippen LogP) is 0.876. The lowest BCUT2D eigenvalue weighted by molar-refractivity contribution is -0.133. The first-order valence-corrected chi connectivity index (χ1v) is 5.72. The fourth-order valence-corrected chi connectivity index (χ4v) is 2.42. The summed E-state index contributed by atoms with van der Waals surface area (Å²) in [6.07, 6.45) is 0.457. The lowest BCUT2D eigenvalue weighted by Gasteiger charge is -2.23. The van der Waals surface area contributed by atoms with Gasteiger partial charge in [-0.05, 0) is 12.5 Å². The topological polar surface area (TPSA) is 63.4 Å². The van der Waals surface area contributed by atoms with Gasteiger partial charge in [-0.25, -0.2) is 0 Å². The van der Waals surface area contributed by atoms with Gasteiger partial charge in [-0.15, -0.1) is 0 Å². The van der Waals surface area contributed by atoms with Gasteiger partial charge in [0.05, 0.1) is 6.54 Å². The maximum Gasteiger partial charge on any atom is 0.237 e. The number of primary amides is 1. The third kappa shape index (κ3) is 2.30. The van der Waals surface area contributed by atoms with Gasteiger partial charge in [0.15, 0.2) is 0 Å². The molecule has 0 saturated carbocycles. The van der Waals surface area contributed by atoms with E-state index in [-0.39, 0.29) is 24.4 Å². The lowest BCUT2D eigenvalue weighted by atomic mass is 9.93. The van der Waals surface area contributed by atoms with Crippen LogP contribution in [0.3, 0.4) is 0 Å². The number of carbonyl (C=O) groups excluding carboxylic acids is 2. The molecule has 0 aromatic heterocycles. The van der Waals surface area contributed by atoms with E-state index in [0.29, 0.717) is 6.42 Å². The van der Waals surface area contributed by atoms with E-state index >= 15 is 0 Å². The van der Waals surface area contributed by atoms with Crippen molar-refractivity contribution in [2.24, 2.45) is 5.73 Å². The standard InChI is InChI=1S/C13H16N2O2/c1-9-11(10-5-3-2-4-6-10)7-13(17)15(9)8-12(14)16/h2-6,9,11H,7-8H2,1H3,(H2,14,16)/t9-,11-/m1/s1. The van der Waals surface area contributed by atoms with E-state index in [0.717, 1.165) is 5.56 Å². The van der Waals surface area contributed by atoms with Gasteiger partial charge in [0.2, 0.25) is 11.8 Å². The molecule has 1 fully saturated rings. The summed E-state index contributed by atoms with van der Waals surface area (Å²) in [5, 5.41) is 0. The van der Waals surface area contributed by atoms with Crippen LogP contribution < -0.4 is 5.73 Å². The largest absolute Gasteiger partial charge is 0.368 e. The zero-order valence-electron chi connectivity index (χ0n) is 9.80. The van der Waals surface area contributed by atoms with Crippen molar-refractivity contribution in [3.05, 3.63) is 35.9 Å². The number of nitrogens with zero attached hydrogens (tertiary/aromatic N) is 1. The summed E-state index contributed by atoms with van der Waals surface area (Å²) in [6, 6.07) is 9.93. The van der Waals surface area contributed by atoms with Gasteiger partial charge in [0.1, 0.15) is 0 Å². The highest BCUT2D eigenvalue weighted by atomic mass is 16.2. The zero-order valence-corrected chi connectivity index (χ0v) is 9.80. The summed E-state index contributed by atoms with van der Waals surface area (Å²) in [6.45, 7) is 1.98. The van der Waals surface area contributed by atoms with Crippen LogP contribution in [-0.2, 0) is 9.59 Å². The average molecular weight is 232 g/mol. The van der Waals surface area contributed by atoms with Crippen LogP contribution in [0.15, 0.2) is 30.3 Å². The number of nitrogens with two attached hydrogens (primary N) is 1. The van der Waals surface area contributed by atoms with Crippen LogP contribution in [0.25, 0.3) is 0 Å². The zero-order chi connectivity index (χ0) is 12.4.